The van der Waals surface area contributed by atoms with Crippen LogP contribution in [0.5, 0.6) is 0 Å². The Bertz CT molecular complexity index is 189. The number of aliphatic hydroxyl groups excluding tert-OH is 1. The van der Waals surface area contributed by atoms with Crippen LogP contribution in [0.15, 0.2) is 0 Å². The summed E-state index contributed by atoms with van der Waals surface area (Å²) in [7, 11) is 0. The molecule has 1 heterocycles. The Hall–Kier alpha value is -0.120. The summed E-state index contributed by atoms with van der Waals surface area (Å²) in [5.41, 5.74) is 0.206. The zero-order valence-corrected chi connectivity index (χ0v) is 8.51. The highest BCUT2D eigenvalue weighted by Crippen LogP contribution is 2.39. The summed E-state index contributed by atoms with van der Waals surface area (Å²) in [5.74, 6) is 0.820. The minimum Gasteiger partial charge on any atom is -0.390 e. The van der Waals surface area contributed by atoms with E-state index in [0.29, 0.717) is 0 Å². The van der Waals surface area contributed by atoms with E-state index in [2.05, 4.69) is 24.5 Å². The first kappa shape index (κ1) is 9.44. The molecule has 2 atom stereocenters. The third-order valence-electron chi connectivity index (χ3n) is 3.34. The van der Waals surface area contributed by atoms with Crippen molar-refractivity contribution < 1.29 is 5.11 Å². The second-order valence-corrected chi connectivity index (χ2v) is 4.97. The monoisotopic (exact) mass is 184 g/mol. The van der Waals surface area contributed by atoms with Crippen molar-refractivity contribution in [3.05, 3.63) is 0 Å². The van der Waals surface area contributed by atoms with E-state index in [0.717, 1.165) is 19.0 Å². The van der Waals surface area contributed by atoms with Gasteiger partial charge in [-0.2, -0.15) is 0 Å². The van der Waals surface area contributed by atoms with Crippen LogP contribution in [-0.4, -0.2) is 35.9 Å². The zero-order chi connectivity index (χ0) is 9.47. The maximum Gasteiger partial charge on any atom is 0.0829 e. The highest BCUT2D eigenvalue weighted by Gasteiger charge is 2.40. The summed E-state index contributed by atoms with van der Waals surface area (Å²) in [6.07, 6.45) is 2.48. The molecule has 1 saturated carbocycles. The van der Waals surface area contributed by atoms with Crippen molar-refractivity contribution in [2.45, 2.75) is 44.4 Å². The first-order valence-corrected chi connectivity index (χ1v) is 5.26. The fraction of sp³-hybridized carbons (Fsp3) is 1.00. The Kier molecular flexibility index (Phi) is 2.34. The predicted molar refractivity (Wildman–Crippen MR) is 52.6 cm³/mol. The molecule has 3 nitrogen and oxygen atoms in total. The molecule has 0 aromatic rings. The van der Waals surface area contributed by atoms with E-state index in [1.54, 1.807) is 0 Å². The zero-order valence-electron chi connectivity index (χ0n) is 8.51. The first-order chi connectivity index (χ1) is 6.09. The number of rotatable bonds is 3. The van der Waals surface area contributed by atoms with Crippen molar-refractivity contribution >= 4 is 0 Å². The lowest BCUT2D eigenvalue weighted by atomic mass is 9.96. The second kappa shape index (κ2) is 3.23. The van der Waals surface area contributed by atoms with Crippen LogP contribution in [-0.2, 0) is 0 Å². The van der Waals surface area contributed by atoms with Gasteiger partial charge in [-0.1, -0.05) is 0 Å². The minimum atomic E-state index is -0.210. The molecule has 1 aliphatic carbocycles. The van der Waals surface area contributed by atoms with Crippen molar-refractivity contribution in [3.63, 3.8) is 0 Å². The Morgan fingerprint density at radius 2 is 2.00 bits per heavy atom. The van der Waals surface area contributed by atoms with Gasteiger partial charge in [-0.05, 0) is 32.6 Å². The van der Waals surface area contributed by atoms with Crippen molar-refractivity contribution in [2.24, 2.45) is 5.92 Å². The van der Waals surface area contributed by atoms with Gasteiger partial charge < -0.3 is 15.7 Å². The van der Waals surface area contributed by atoms with Crippen molar-refractivity contribution in [1.82, 2.24) is 10.6 Å². The molecule has 1 aliphatic heterocycles. The van der Waals surface area contributed by atoms with Gasteiger partial charge in [0.2, 0.25) is 0 Å². The van der Waals surface area contributed by atoms with Crippen molar-refractivity contribution in [1.29, 1.82) is 0 Å². The topological polar surface area (TPSA) is 44.3 Å². The Morgan fingerprint density at radius 1 is 1.31 bits per heavy atom. The van der Waals surface area contributed by atoms with E-state index in [1.807, 2.05) is 0 Å². The van der Waals surface area contributed by atoms with Gasteiger partial charge in [-0.15, -0.1) is 0 Å². The van der Waals surface area contributed by atoms with Crippen molar-refractivity contribution in [3.8, 4) is 0 Å². The van der Waals surface area contributed by atoms with Gasteiger partial charge in [-0.25, -0.2) is 0 Å². The molecular weight excluding hydrogens is 164 g/mol. The van der Waals surface area contributed by atoms with Crippen LogP contribution in [0, 0.1) is 5.92 Å². The summed E-state index contributed by atoms with van der Waals surface area (Å²) in [5, 5.41) is 16.4. The molecule has 0 radical (unpaired) electrons. The largest absolute Gasteiger partial charge is 0.390 e. The summed E-state index contributed by atoms with van der Waals surface area (Å²) in [6, 6.07) is 0.246. The van der Waals surface area contributed by atoms with E-state index in [1.165, 1.54) is 12.8 Å². The average Bonchev–Trinajstić information content (AvgIpc) is 2.80. The molecule has 1 saturated heterocycles. The molecule has 0 spiro atoms. The Labute approximate surface area is 79.9 Å². The molecule has 76 valence electrons. The smallest absolute Gasteiger partial charge is 0.0829 e. The molecule has 2 aliphatic rings. The van der Waals surface area contributed by atoms with Crippen molar-refractivity contribution in [2.75, 3.05) is 13.1 Å². The normalized spacial score (nSPS) is 35.3. The Morgan fingerprint density at radius 3 is 2.46 bits per heavy atom. The molecule has 0 aromatic heterocycles. The third-order valence-corrected chi connectivity index (χ3v) is 3.34. The quantitative estimate of drug-likeness (QED) is 0.583. The van der Waals surface area contributed by atoms with Crippen LogP contribution in [0.2, 0.25) is 0 Å². The highest BCUT2D eigenvalue weighted by molar-refractivity contribution is 4.99. The fourth-order valence-electron chi connectivity index (χ4n) is 2.21. The van der Waals surface area contributed by atoms with Crippen LogP contribution < -0.4 is 10.6 Å². The van der Waals surface area contributed by atoms with Gasteiger partial charge in [0.05, 0.1) is 6.10 Å². The van der Waals surface area contributed by atoms with E-state index in [9.17, 15) is 5.11 Å². The average molecular weight is 184 g/mol. The lowest BCUT2D eigenvalue weighted by Gasteiger charge is -2.31. The van der Waals surface area contributed by atoms with E-state index in [4.69, 9.17) is 0 Å². The molecule has 3 heteroatoms. The van der Waals surface area contributed by atoms with Gasteiger partial charge in [-0.3, -0.25) is 0 Å². The van der Waals surface area contributed by atoms with Gasteiger partial charge in [0.25, 0.3) is 0 Å². The lowest BCUT2D eigenvalue weighted by Crippen LogP contribution is -2.52. The predicted octanol–water partition coefficient (Wildman–Crippen LogP) is 0.0973. The van der Waals surface area contributed by atoms with E-state index < -0.39 is 0 Å². The van der Waals surface area contributed by atoms with Gasteiger partial charge in [0.15, 0.2) is 0 Å². The summed E-state index contributed by atoms with van der Waals surface area (Å²) < 4.78 is 0. The number of hydrogen-bond acceptors (Lipinski definition) is 3. The molecular formula is C10H20N2O. The number of aliphatic hydroxyl groups is 1. The molecule has 0 aromatic carbocycles. The van der Waals surface area contributed by atoms with Crippen LogP contribution >= 0.6 is 0 Å². The van der Waals surface area contributed by atoms with Gasteiger partial charge in [0, 0.05) is 24.7 Å². The van der Waals surface area contributed by atoms with E-state index >= 15 is 0 Å². The number of hydrogen-bond donors (Lipinski definition) is 3. The Balaban J connectivity index is 1.88. The van der Waals surface area contributed by atoms with E-state index in [-0.39, 0.29) is 17.7 Å². The minimum absolute atomic E-state index is 0.206. The fourth-order valence-corrected chi connectivity index (χ4v) is 2.21. The molecule has 0 amide bonds. The molecule has 0 bridgehead atoms. The standard InChI is InChI=1S/C10H20N2O/c1-10(2,7-3-4-7)12-8-5-11-6-9(8)13/h7-9,11-13H,3-6H2,1-2H3/t8-,9-/m1/s1. The molecule has 13 heavy (non-hydrogen) atoms. The highest BCUT2D eigenvalue weighted by atomic mass is 16.3. The molecule has 3 N–H and O–H groups in total. The summed E-state index contributed by atoms with van der Waals surface area (Å²) >= 11 is 0. The third kappa shape index (κ3) is 2.03. The van der Waals surface area contributed by atoms with Gasteiger partial charge in [0.1, 0.15) is 0 Å². The van der Waals surface area contributed by atoms with Crippen LogP contribution in [0.1, 0.15) is 26.7 Å². The maximum absolute atomic E-state index is 9.63. The maximum atomic E-state index is 9.63. The molecule has 0 unspecified atom stereocenters. The van der Waals surface area contributed by atoms with Crippen LogP contribution in [0.25, 0.3) is 0 Å². The number of nitrogens with one attached hydrogen (secondary N) is 2. The second-order valence-electron chi connectivity index (χ2n) is 4.97. The SMILES string of the molecule is CC(C)(N[C@@H]1CNC[C@H]1O)C1CC1. The first-order valence-electron chi connectivity index (χ1n) is 5.26. The summed E-state index contributed by atoms with van der Waals surface area (Å²) in [6.45, 7) is 6.13. The lowest BCUT2D eigenvalue weighted by molar-refractivity contribution is 0.140. The van der Waals surface area contributed by atoms with Crippen LogP contribution in [0.3, 0.4) is 0 Å². The summed E-state index contributed by atoms with van der Waals surface area (Å²) in [4.78, 5) is 0. The van der Waals surface area contributed by atoms with Crippen LogP contribution in [0.4, 0.5) is 0 Å². The number of β-amino-alcohol motifs (C(OH)–C–C–N with tert-alkyl or cyclic N) is 1. The molecule has 2 rings (SSSR count). The molecule has 2 fully saturated rings. The van der Waals surface area contributed by atoms with Gasteiger partial charge >= 0.3 is 0 Å².